The molecule has 0 fully saturated rings. The molecule has 3 heterocycles. The molecule has 0 spiro atoms. The van der Waals surface area contributed by atoms with E-state index in [1.807, 2.05) is 18.2 Å². The van der Waals surface area contributed by atoms with Gasteiger partial charge in [-0.3, -0.25) is 0 Å². The summed E-state index contributed by atoms with van der Waals surface area (Å²) in [6.45, 7) is 1.44. The fourth-order valence-corrected chi connectivity index (χ4v) is 2.30. The van der Waals surface area contributed by atoms with E-state index in [9.17, 15) is 0 Å². The maximum atomic E-state index is 5.58. The third-order valence-electron chi connectivity index (χ3n) is 3.26. The van der Waals surface area contributed by atoms with Crippen LogP contribution in [-0.2, 0) is 6.54 Å². The maximum absolute atomic E-state index is 5.58. The van der Waals surface area contributed by atoms with Gasteiger partial charge in [0, 0.05) is 23.0 Å². The molecule has 0 atom stereocenters. The smallest absolute Gasteiger partial charge is 0.163 e. The van der Waals surface area contributed by atoms with Crippen LogP contribution < -0.4 is 15.2 Å². The largest absolute Gasteiger partial charge is 0.486 e. The first-order chi connectivity index (χ1) is 9.83. The predicted octanol–water partition coefficient (Wildman–Crippen LogP) is 1.41. The minimum Gasteiger partial charge on any atom is -0.486 e. The van der Waals surface area contributed by atoms with Gasteiger partial charge in [0.15, 0.2) is 17.1 Å². The Morgan fingerprint density at radius 3 is 2.60 bits per heavy atom. The lowest BCUT2D eigenvalue weighted by molar-refractivity contribution is 0.172. The Labute approximate surface area is 114 Å². The summed E-state index contributed by atoms with van der Waals surface area (Å²) < 4.78 is 11.2. The highest BCUT2D eigenvalue weighted by atomic mass is 16.6. The van der Waals surface area contributed by atoms with Gasteiger partial charge in [-0.1, -0.05) is 0 Å². The summed E-state index contributed by atoms with van der Waals surface area (Å²) in [5, 5.41) is 1.86. The molecule has 2 N–H and O–H groups in total. The molecule has 1 aromatic carbocycles. The van der Waals surface area contributed by atoms with Crippen molar-refractivity contribution >= 4 is 21.9 Å². The quantitative estimate of drug-likeness (QED) is 0.672. The van der Waals surface area contributed by atoms with E-state index in [0.29, 0.717) is 31.2 Å². The number of hydrogen-bond donors (Lipinski definition) is 1. The van der Waals surface area contributed by atoms with E-state index in [-0.39, 0.29) is 0 Å². The summed E-state index contributed by atoms with van der Waals surface area (Å²) in [4.78, 5) is 13.1. The fourth-order valence-electron chi connectivity index (χ4n) is 2.30. The number of nitrogens with zero attached hydrogens (tertiary/aromatic N) is 3. The van der Waals surface area contributed by atoms with Gasteiger partial charge in [-0.25, -0.2) is 15.0 Å². The van der Waals surface area contributed by atoms with Crippen LogP contribution in [0.15, 0.2) is 24.4 Å². The van der Waals surface area contributed by atoms with Crippen molar-refractivity contribution in [3.63, 3.8) is 0 Å². The average molecular weight is 268 g/mol. The number of rotatable bonds is 1. The van der Waals surface area contributed by atoms with Crippen molar-refractivity contribution in [3.8, 4) is 11.5 Å². The van der Waals surface area contributed by atoms with Gasteiger partial charge in [-0.2, -0.15) is 0 Å². The molecular formula is C14H12N4O2. The molecule has 0 aliphatic carbocycles. The molecule has 1 aliphatic rings. The fraction of sp³-hybridized carbons (Fsp3) is 0.214. The van der Waals surface area contributed by atoms with E-state index in [0.717, 1.165) is 27.8 Å². The van der Waals surface area contributed by atoms with Gasteiger partial charge in [0.1, 0.15) is 19.0 Å². The van der Waals surface area contributed by atoms with Crippen LogP contribution in [0.1, 0.15) is 5.82 Å². The van der Waals surface area contributed by atoms with E-state index in [1.165, 1.54) is 0 Å². The van der Waals surface area contributed by atoms with Crippen molar-refractivity contribution in [1.29, 1.82) is 0 Å². The first kappa shape index (κ1) is 11.4. The number of benzene rings is 1. The summed E-state index contributed by atoms with van der Waals surface area (Å²) in [6.07, 6.45) is 1.74. The number of fused-ring (bicyclic) bond motifs is 3. The molecule has 100 valence electrons. The van der Waals surface area contributed by atoms with Crippen LogP contribution in [0.4, 0.5) is 0 Å². The lowest BCUT2D eigenvalue weighted by atomic mass is 10.1. The molecule has 0 saturated carbocycles. The number of nitrogens with two attached hydrogens (primary N) is 1. The predicted molar refractivity (Wildman–Crippen MR) is 73.7 cm³/mol. The van der Waals surface area contributed by atoms with Crippen molar-refractivity contribution in [3.05, 3.63) is 30.2 Å². The number of pyridine rings is 1. The van der Waals surface area contributed by atoms with Gasteiger partial charge in [0.25, 0.3) is 0 Å². The Balaban J connectivity index is 1.98. The summed E-state index contributed by atoms with van der Waals surface area (Å²) in [6, 6.07) is 5.82. The van der Waals surface area contributed by atoms with Gasteiger partial charge in [0.05, 0.1) is 12.1 Å². The lowest BCUT2D eigenvalue weighted by Gasteiger charge is -2.18. The van der Waals surface area contributed by atoms with Crippen LogP contribution in [0.5, 0.6) is 11.5 Å². The zero-order valence-electron chi connectivity index (χ0n) is 10.7. The van der Waals surface area contributed by atoms with Crippen LogP contribution in [-0.4, -0.2) is 28.2 Å². The Morgan fingerprint density at radius 1 is 1.00 bits per heavy atom. The standard InChI is InChI=1S/C14H12N4O2/c15-6-13-16-7-9-3-8-4-11-12(20-2-1-19-11)5-10(8)17-14(9)18-13/h3-5,7H,1-2,6,15H2. The third kappa shape index (κ3) is 1.73. The lowest BCUT2D eigenvalue weighted by Crippen LogP contribution is -2.15. The van der Waals surface area contributed by atoms with E-state index >= 15 is 0 Å². The molecule has 0 saturated heterocycles. The second-order valence-electron chi connectivity index (χ2n) is 4.58. The topological polar surface area (TPSA) is 83.2 Å². The second kappa shape index (κ2) is 4.28. The zero-order valence-corrected chi connectivity index (χ0v) is 10.7. The minimum absolute atomic E-state index is 0.302. The summed E-state index contributed by atoms with van der Waals surface area (Å²) in [5.41, 5.74) is 7.02. The van der Waals surface area contributed by atoms with E-state index in [2.05, 4.69) is 15.0 Å². The summed E-state index contributed by atoms with van der Waals surface area (Å²) >= 11 is 0. The van der Waals surface area contributed by atoms with Gasteiger partial charge >= 0.3 is 0 Å². The van der Waals surface area contributed by atoms with Gasteiger partial charge in [-0.05, 0) is 12.1 Å². The molecule has 0 unspecified atom stereocenters. The Bertz CT molecular complexity index is 819. The van der Waals surface area contributed by atoms with Crippen molar-refractivity contribution in [2.24, 2.45) is 5.73 Å². The molecule has 6 heteroatoms. The molecule has 2 aromatic heterocycles. The molecule has 6 nitrogen and oxygen atoms in total. The van der Waals surface area contributed by atoms with Crippen molar-refractivity contribution in [2.75, 3.05) is 13.2 Å². The Hall–Kier alpha value is -2.47. The third-order valence-corrected chi connectivity index (χ3v) is 3.26. The Morgan fingerprint density at radius 2 is 1.80 bits per heavy atom. The normalized spacial score (nSPS) is 13.8. The van der Waals surface area contributed by atoms with E-state index < -0.39 is 0 Å². The SMILES string of the molecule is NCc1ncc2cc3cc4c(cc3nc2n1)OCCO4. The molecule has 0 bridgehead atoms. The van der Waals surface area contributed by atoms with Gasteiger partial charge < -0.3 is 15.2 Å². The highest BCUT2D eigenvalue weighted by Crippen LogP contribution is 2.34. The van der Waals surface area contributed by atoms with Crippen LogP contribution in [0.3, 0.4) is 0 Å². The second-order valence-corrected chi connectivity index (χ2v) is 4.58. The zero-order chi connectivity index (χ0) is 13.5. The Kier molecular flexibility index (Phi) is 2.43. The molecule has 0 radical (unpaired) electrons. The van der Waals surface area contributed by atoms with Crippen molar-refractivity contribution in [2.45, 2.75) is 6.54 Å². The van der Waals surface area contributed by atoms with Crippen LogP contribution in [0.25, 0.3) is 21.9 Å². The molecular weight excluding hydrogens is 256 g/mol. The molecule has 4 rings (SSSR count). The number of aromatic nitrogens is 3. The van der Waals surface area contributed by atoms with Crippen molar-refractivity contribution in [1.82, 2.24) is 15.0 Å². The first-order valence-electron chi connectivity index (χ1n) is 6.39. The number of ether oxygens (including phenoxy) is 2. The monoisotopic (exact) mass is 268 g/mol. The molecule has 0 amide bonds. The highest BCUT2D eigenvalue weighted by Gasteiger charge is 2.14. The first-order valence-corrected chi connectivity index (χ1v) is 6.39. The van der Waals surface area contributed by atoms with Gasteiger partial charge in [-0.15, -0.1) is 0 Å². The highest BCUT2D eigenvalue weighted by molar-refractivity contribution is 5.92. The van der Waals surface area contributed by atoms with Crippen LogP contribution in [0.2, 0.25) is 0 Å². The maximum Gasteiger partial charge on any atom is 0.163 e. The molecule has 1 aliphatic heterocycles. The molecule has 3 aromatic rings. The van der Waals surface area contributed by atoms with Gasteiger partial charge in [0.2, 0.25) is 0 Å². The summed E-state index contributed by atoms with van der Waals surface area (Å²) in [5.74, 6) is 2.06. The summed E-state index contributed by atoms with van der Waals surface area (Å²) in [7, 11) is 0. The van der Waals surface area contributed by atoms with E-state index in [4.69, 9.17) is 15.2 Å². The van der Waals surface area contributed by atoms with Crippen molar-refractivity contribution < 1.29 is 9.47 Å². The van der Waals surface area contributed by atoms with Crippen LogP contribution in [0, 0.1) is 0 Å². The number of hydrogen-bond acceptors (Lipinski definition) is 6. The molecule has 20 heavy (non-hydrogen) atoms. The average Bonchev–Trinajstić information content (AvgIpc) is 2.50. The van der Waals surface area contributed by atoms with E-state index in [1.54, 1.807) is 6.20 Å². The minimum atomic E-state index is 0.302. The van der Waals surface area contributed by atoms with Crippen LogP contribution >= 0.6 is 0 Å².